The highest BCUT2D eigenvalue weighted by molar-refractivity contribution is 6.05. The summed E-state index contributed by atoms with van der Waals surface area (Å²) >= 11 is 0. The van der Waals surface area contributed by atoms with Crippen LogP contribution in [-0.2, 0) is 19.1 Å². The number of ketones is 1. The van der Waals surface area contributed by atoms with Gasteiger partial charge in [0.25, 0.3) is 0 Å². The molecule has 0 radical (unpaired) electrons. The molecule has 0 spiro atoms. The fourth-order valence-electron chi connectivity index (χ4n) is 4.79. The van der Waals surface area contributed by atoms with E-state index in [1.807, 2.05) is 44.2 Å². The fraction of sp³-hybridized carbons (Fsp3) is 0.385. The summed E-state index contributed by atoms with van der Waals surface area (Å²) in [5, 5.41) is 1.70. The predicted molar refractivity (Wildman–Crippen MR) is 124 cm³/mol. The van der Waals surface area contributed by atoms with Gasteiger partial charge >= 0.3 is 5.97 Å². The molecule has 0 saturated carbocycles. The maximum Gasteiger partial charge on any atom is 0.340 e. The van der Waals surface area contributed by atoms with Gasteiger partial charge in [0.05, 0.1) is 26.7 Å². The molecule has 0 fully saturated rings. The van der Waals surface area contributed by atoms with Crippen LogP contribution in [0.5, 0.6) is 11.5 Å². The molecule has 33 heavy (non-hydrogen) atoms. The van der Waals surface area contributed by atoms with Crippen molar-refractivity contribution in [1.29, 1.82) is 0 Å². The van der Waals surface area contributed by atoms with Gasteiger partial charge in [-0.25, -0.2) is 4.79 Å². The van der Waals surface area contributed by atoms with E-state index >= 15 is 0 Å². The van der Waals surface area contributed by atoms with Gasteiger partial charge in [-0.15, -0.1) is 0 Å². The van der Waals surface area contributed by atoms with Gasteiger partial charge in [0.2, 0.25) is 5.88 Å². The number of Topliss-reactive ketones (excluding diaryl/α,β-unsaturated/α-hetero) is 1. The van der Waals surface area contributed by atoms with Gasteiger partial charge in [0.15, 0.2) is 5.78 Å². The van der Waals surface area contributed by atoms with Gasteiger partial charge in [-0.1, -0.05) is 26.0 Å². The first-order chi connectivity index (χ1) is 15.7. The summed E-state index contributed by atoms with van der Waals surface area (Å²) in [7, 11) is 3.15. The Labute approximate surface area is 193 Å². The van der Waals surface area contributed by atoms with Crippen molar-refractivity contribution in [1.82, 2.24) is 0 Å². The maximum absolute atomic E-state index is 13.5. The minimum Gasteiger partial charge on any atom is -0.497 e. The lowest BCUT2D eigenvalue weighted by Crippen LogP contribution is -2.36. The maximum atomic E-state index is 13.5. The monoisotopic (exact) mass is 451 g/mol. The van der Waals surface area contributed by atoms with Crippen LogP contribution in [0.4, 0.5) is 0 Å². The highest BCUT2D eigenvalue weighted by Crippen LogP contribution is 2.51. The average molecular weight is 452 g/mol. The first kappa shape index (κ1) is 22.7. The van der Waals surface area contributed by atoms with Crippen LogP contribution in [0.3, 0.4) is 0 Å². The van der Waals surface area contributed by atoms with Crippen LogP contribution in [0, 0.1) is 5.41 Å². The number of hydrogen-bond donors (Lipinski definition) is 1. The van der Waals surface area contributed by atoms with Gasteiger partial charge in [-0.05, 0) is 41.3 Å². The molecule has 0 amide bonds. The normalized spacial score (nSPS) is 19.8. The summed E-state index contributed by atoms with van der Waals surface area (Å²) in [5.74, 6) is 0.125. The van der Waals surface area contributed by atoms with Crippen LogP contribution in [-0.4, -0.2) is 32.6 Å². The molecule has 4 rings (SSSR count). The first-order valence-electron chi connectivity index (χ1n) is 11.0. The number of benzene rings is 2. The van der Waals surface area contributed by atoms with Crippen molar-refractivity contribution in [2.75, 3.05) is 20.8 Å². The van der Waals surface area contributed by atoms with Crippen LogP contribution < -0.4 is 15.2 Å². The summed E-state index contributed by atoms with van der Waals surface area (Å²) in [6, 6.07) is 9.41. The van der Waals surface area contributed by atoms with E-state index in [0.29, 0.717) is 41.2 Å². The second kappa shape index (κ2) is 8.46. The third-order valence-electron chi connectivity index (χ3n) is 6.19. The number of ether oxygens (including phenoxy) is 4. The van der Waals surface area contributed by atoms with Crippen LogP contribution >= 0.6 is 0 Å². The van der Waals surface area contributed by atoms with E-state index in [0.717, 1.165) is 10.8 Å². The molecule has 7 heteroatoms. The minimum absolute atomic E-state index is 0.0512. The first-order valence-corrected chi connectivity index (χ1v) is 11.0. The molecule has 174 valence electrons. The topological polar surface area (TPSA) is 97.1 Å². The van der Waals surface area contributed by atoms with Crippen molar-refractivity contribution in [3.05, 3.63) is 58.7 Å². The van der Waals surface area contributed by atoms with E-state index in [-0.39, 0.29) is 29.3 Å². The molecule has 1 heterocycles. The van der Waals surface area contributed by atoms with Crippen molar-refractivity contribution in [3.63, 3.8) is 0 Å². The zero-order valence-electron chi connectivity index (χ0n) is 19.6. The van der Waals surface area contributed by atoms with Gasteiger partial charge < -0.3 is 24.7 Å². The highest BCUT2D eigenvalue weighted by Gasteiger charge is 2.46. The van der Waals surface area contributed by atoms with Crippen molar-refractivity contribution < 1.29 is 28.5 Å². The highest BCUT2D eigenvalue weighted by atomic mass is 16.5. The molecule has 2 aromatic carbocycles. The molecule has 0 saturated heterocycles. The minimum atomic E-state index is -0.790. The summed E-state index contributed by atoms with van der Waals surface area (Å²) in [6.07, 6.45) is 0.857. The molecule has 2 N–H and O–H groups in total. The smallest absolute Gasteiger partial charge is 0.340 e. The predicted octanol–water partition coefficient (Wildman–Crippen LogP) is 4.35. The lowest BCUT2D eigenvalue weighted by molar-refractivity contribution is -0.139. The SMILES string of the molecule is CCOC(=O)C1=C(N)OC2=C(C(=O)CC(C)(C)C2)C1c1c(OC)ccc2ccc(OC)cc12. The third-order valence-corrected chi connectivity index (χ3v) is 6.19. The Morgan fingerprint density at radius 2 is 1.88 bits per heavy atom. The molecule has 0 bridgehead atoms. The average Bonchev–Trinajstić information content (AvgIpc) is 2.76. The molecular weight excluding hydrogens is 422 g/mol. The standard InChI is InChI=1S/C26H29NO6/c1-6-32-25(29)23-22(21-17(28)12-26(2,3)13-19(21)33-24(23)27)20-16-11-15(30-4)9-7-14(16)8-10-18(20)31-5/h7-11,22H,6,12-13,27H2,1-5H3. The molecule has 1 aliphatic carbocycles. The Balaban J connectivity index is 2.07. The lowest BCUT2D eigenvalue weighted by Gasteiger charge is -2.38. The van der Waals surface area contributed by atoms with E-state index in [2.05, 4.69) is 0 Å². The second-order valence-electron chi connectivity index (χ2n) is 9.08. The van der Waals surface area contributed by atoms with Gasteiger partial charge in [0.1, 0.15) is 22.8 Å². The molecule has 7 nitrogen and oxygen atoms in total. The molecule has 1 unspecified atom stereocenters. The van der Waals surface area contributed by atoms with Crippen molar-refractivity contribution >= 4 is 22.5 Å². The number of esters is 1. The summed E-state index contributed by atoms with van der Waals surface area (Å²) in [4.78, 5) is 26.6. The zero-order chi connectivity index (χ0) is 23.9. The lowest BCUT2D eigenvalue weighted by atomic mass is 9.69. The van der Waals surface area contributed by atoms with Gasteiger partial charge in [-0.3, -0.25) is 4.79 Å². The van der Waals surface area contributed by atoms with E-state index in [1.165, 1.54) is 0 Å². The third kappa shape index (κ3) is 3.92. The molecule has 2 aliphatic rings. The van der Waals surface area contributed by atoms with E-state index in [4.69, 9.17) is 24.7 Å². The Bertz CT molecular complexity index is 1200. The van der Waals surface area contributed by atoms with Crippen molar-refractivity contribution in [3.8, 4) is 11.5 Å². The Hall–Kier alpha value is -3.48. The fourth-order valence-corrected chi connectivity index (χ4v) is 4.79. The van der Waals surface area contributed by atoms with Gasteiger partial charge in [0, 0.05) is 24.0 Å². The van der Waals surface area contributed by atoms with Crippen LogP contribution in [0.25, 0.3) is 10.8 Å². The van der Waals surface area contributed by atoms with Crippen LogP contribution in [0.1, 0.15) is 45.1 Å². The number of methoxy groups -OCH3 is 2. The van der Waals surface area contributed by atoms with Gasteiger partial charge in [-0.2, -0.15) is 0 Å². The molecule has 0 aromatic heterocycles. The largest absolute Gasteiger partial charge is 0.497 e. The molecule has 2 aromatic rings. The van der Waals surface area contributed by atoms with Crippen LogP contribution in [0.15, 0.2) is 53.1 Å². The number of hydrogen-bond acceptors (Lipinski definition) is 7. The van der Waals surface area contributed by atoms with Crippen molar-refractivity contribution in [2.45, 2.75) is 39.5 Å². The number of rotatable bonds is 5. The molecule has 1 aliphatic heterocycles. The second-order valence-corrected chi connectivity index (χ2v) is 9.08. The van der Waals surface area contributed by atoms with Crippen LogP contribution in [0.2, 0.25) is 0 Å². The Morgan fingerprint density at radius 1 is 1.15 bits per heavy atom. The number of nitrogens with two attached hydrogens (primary N) is 1. The van der Waals surface area contributed by atoms with E-state index in [9.17, 15) is 9.59 Å². The number of carbonyl (C=O) groups excluding carboxylic acids is 2. The number of fused-ring (bicyclic) bond motifs is 1. The molecular formula is C26H29NO6. The van der Waals surface area contributed by atoms with E-state index in [1.54, 1.807) is 21.1 Å². The summed E-state index contributed by atoms with van der Waals surface area (Å²) in [6.45, 7) is 5.90. The number of allylic oxidation sites excluding steroid dienone is 2. The molecule has 1 atom stereocenters. The zero-order valence-corrected chi connectivity index (χ0v) is 19.6. The summed E-state index contributed by atoms with van der Waals surface area (Å²) < 4.78 is 22.4. The summed E-state index contributed by atoms with van der Waals surface area (Å²) in [5.41, 5.74) is 7.23. The van der Waals surface area contributed by atoms with Crippen molar-refractivity contribution in [2.24, 2.45) is 11.1 Å². The number of carbonyl (C=O) groups is 2. The Kier molecular flexibility index (Phi) is 5.82. The quantitative estimate of drug-likeness (QED) is 0.675. The van der Waals surface area contributed by atoms with E-state index < -0.39 is 11.9 Å². The Morgan fingerprint density at radius 3 is 2.55 bits per heavy atom.